The van der Waals surface area contributed by atoms with Crippen molar-refractivity contribution in [3.63, 3.8) is 0 Å². The largest absolute Gasteiger partial charge is 0.478 e. The van der Waals surface area contributed by atoms with Crippen LogP contribution >= 0.6 is 0 Å². The molecule has 0 radical (unpaired) electrons. The fourth-order valence-corrected chi connectivity index (χ4v) is 1.93. The molecule has 0 aliphatic heterocycles. The lowest BCUT2D eigenvalue weighted by atomic mass is 10.1. The number of hydrogen-bond donors (Lipinski definition) is 6. The zero-order chi connectivity index (χ0) is 17.9. The summed E-state index contributed by atoms with van der Waals surface area (Å²) in [7, 11) is 0. The third kappa shape index (κ3) is 3.71. The molecule has 0 aromatic heterocycles. The lowest BCUT2D eigenvalue weighted by molar-refractivity contribution is 0.0687. The Morgan fingerprint density at radius 1 is 0.750 bits per heavy atom. The van der Waals surface area contributed by atoms with E-state index < -0.39 is 18.0 Å². The van der Waals surface area contributed by atoms with Crippen molar-refractivity contribution in [2.75, 3.05) is 22.1 Å². The topological polar surface area (TPSA) is 168 Å². The summed E-state index contributed by atoms with van der Waals surface area (Å²) in [6.45, 7) is 0. The van der Waals surface area contributed by atoms with Crippen LogP contribution in [0.4, 0.5) is 27.5 Å². The summed E-state index contributed by atoms with van der Waals surface area (Å²) in [6, 6.07) is 7.32. The summed E-state index contributed by atoms with van der Waals surface area (Å²) in [5.74, 6) is -2.44. The minimum absolute atomic E-state index is 0.0677. The minimum Gasteiger partial charge on any atom is -0.478 e. The van der Waals surface area contributed by atoms with Crippen molar-refractivity contribution < 1.29 is 24.6 Å². The number of aromatic carboxylic acids is 2. The quantitative estimate of drug-likeness (QED) is 0.465. The molecule has 0 spiro atoms. The highest BCUT2D eigenvalue weighted by molar-refractivity contribution is 6.03. The van der Waals surface area contributed by atoms with Crippen LogP contribution in [-0.4, -0.2) is 28.2 Å². The SMILES string of the molecule is Nc1ccc(NC(=O)Nc2ccc(N)c(C(=O)O)c2)cc1C(=O)O. The number of carbonyl (C=O) groups excluding carboxylic acids is 1. The highest BCUT2D eigenvalue weighted by Gasteiger charge is 2.12. The summed E-state index contributed by atoms with van der Waals surface area (Å²) in [6.07, 6.45) is 0. The molecule has 2 amide bonds. The van der Waals surface area contributed by atoms with Gasteiger partial charge in [-0.3, -0.25) is 0 Å². The van der Waals surface area contributed by atoms with Crippen molar-refractivity contribution in [1.29, 1.82) is 0 Å². The zero-order valence-corrected chi connectivity index (χ0v) is 12.2. The average Bonchev–Trinajstić information content (AvgIpc) is 2.50. The van der Waals surface area contributed by atoms with Gasteiger partial charge in [0.25, 0.3) is 0 Å². The molecule has 0 aliphatic carbocycles. The number of amides is 2. The molecule has 0 aliphatic rings. The van der Waals surface area contributed by atoms with Crippen molar-refractivity contribution in [3.8, 4) is 0 Å². The number of hydrogen-bond acceptors (Lipinski definition) is 5. The lowest BCUT2D eigenvalue weighted by Gasteiger charge is -2.10. The van der Waals surface area contributed by atoms with E-state index in [1.54, 1.807) is 0 Å². The number of anilines is 4. The van der Waals surface area contributed by atoms with Crippen LogP contribution in [0.5, 0.6) is 0 Å². The van der Waals surface area contributed by atoms with Gasteiger partial charge in [0.15, 0.2) is 0 Å². The van der Waals surface area contributed by atoms with E-state index in [1.807, 2.05) is 0 Å². The van der Waals surface area contributed by atoms with E-state index in [4.69, 9.17) is 21.7 Å². The number of nitrogen functional groups attached to an aromatic ring is 2. The molecule has 0 saturated carbocycles. The van der Waals surface area contributed by atoms with Gasteiger partial charge in [0.05, 0.1) is 11.1 Å². The van der Waals surface area contributed by atoms with Crippen LogP contribution in [-0.2, 0) is 0 Å². The van der Waals surface area contributed by atoms with Crippen LogP contribution in [0.25, 0.3) is 0 Å². The van der Waals surface area contributed by atoms with Crippen molar-refractivity contribution in [3.05, 3.63) is 47.5 Å². The maximum Gasteiger partial charge on any atom is 0.337 e. The van der Waals surface area contributed by atoms with E-state index >= 15 is 0 Å². The first-order valence-corrected chi connectivity index (χ1v) is 6.61. The van der Waals surface area contributed by atoms with E-state index in [2.05, 4.69) is 10.6 Å². The van der Waals surface area contributed by atoms with E-state index in [-0.39, 0.29) is 33.9 Å². The summed E-state index contributed by atoms with van der Waals surface area (Å²) >= 11 is 0. The van der Waals surface area contributed by atoms with Gasteiger partial charge in [0.1, 0.15) is 0 Å². The van der Waals surface area contributed by atoms with Crippen LogP contribution in [0.2, 0.25) is 0 Å². The van der Waals surface area contributed by atoms with Gasteiger partial charge < -0.3 is 32.3 Å². The monoisotopic (exact) mass is 330 g/mol. The molecule has 0 atom stereocenters. The number of rotatable bonds is 4. The molecular formula is C15H14N4O5. The molecule has 9 heteroatoms. The predicted octanol–water partition coefficient (Wildman–Crippen LogP) is 1.89. The molecule has 0 fully saturated rings. The number of nitrogens with one attached hydrogen (secondary N) is 2. The van der Waals surface area contributed by atoms with E-state index in [0.29, 0.717) is 0 Å². The number of carboxylic acid groups (broad SMARTS) is 2. The molecule has 0 unspecified atom stereocenters. The maximum absolute atomic E-state index is 11.9. The van der Waals surface area contributed by atoms with Crippen LogP contribution in [0.3, 0.4) is 0 Å². The van der Waals surface area contributed by atoms with Gasteiger partial charge >= 0.3 is 18.0 Å². The standard InChI is InChI=1S/C15H14N4O5/c16-11-3-1-7(5-9(11)13(20)21)18-15(24)19-8-2-4-12(17)10(6-8)14(22)23/h1-6H,16-17H2,(H,20,21)(H,22,23)(H2,18,19,24). The average molecular weight is 330 g/mol. The second-order valence-corrected chi connectivity index (χ2v) is 4.79. The Labute approximate surface area is 135 Å². The zero-order valence-electron chi connectivity index (χ0n) is 12.2. The number of carbonyl (C=O) groups is 3. The molecule has 9 nitrogen and oxygen atoms in total. The Balaban J connectivity index is 2.14. The summed E-state index contributed by atoms with van der Waals surface area (Å²) in [5, 5.41) is 22.8. The minimum atomic E-state index is -1.22. The molecule has 8 N–H and O–H groups in total. The van der Waals surface area contributed by atoms with Crippen molar-refractivity contribution in [2.24, 2.45) is 0 Å². The second kappa shape index (κ2) is 6.57. The molecule has 2 rings (SSSR count). The Kier molecular flexibility index (Phi) is 4.55. The highest BCUT2D eigenvalue weighted by Crippen LogP contribution is 2.20. The van der Waals surface area contributed by atoms with Gasteiger partial charge in [-0.2, -0.15) is 0 Å². The number of urea groups is 1. The van der Waals surface area contributed by atoms with Crippen LogP contribution in [0.1, 0.15) is 20.7 Å². The number of benzene rings is 2. The van der Waals surface area contributed by atoms with Crippen molar-refractivity contribution in [1.82, 2.24) is 0 Å². The van der Waals surface area contributed by atoms with Gasteiger partial charge in [-0.1, -0.05) is 0 Å². The molecule has 2 aromatic rings. The predicted molar refractivity (Wildman–Crippen MR) is 88.3 cm³/mol. The molecule has 0 saturated heterocycles. The number of carboxylic acids is 2. The molecular weight excluding hydrogens is 316 g/mol. The Morgan fingerprint density at radius 3 is 1.46 bits per heavy atom. The highest BCUT2D eigenvalue weighted by atomic mass is 16.4. The molecule has 24 heavy (non-hydrogen) atoms. The fourth-order valence-electron chi connectivity index (χ4n) is 1.93. The fraction of sp³-hybridized carbons (Fsp3) is 0. The van der Waals surface area contributed by atoms with Gasteiger partial charge in [-0.05, 0) is 36.4 Å². The molecule has 124 valence electrons. The van der Waals surface area contributed by atoms with E-state index in [9.17, 15) is 14.4 Å². The maximum atomic E-state index is 11.9. The van der Waals surface area contributed by atoms with Gasteiger partial charge in [-0.15, -0.1) is 0 Å². The van der Waals surface area contributed by atoms with Crippen LogP contribution in [0.15, 0.2) is 36.4 Å². The van der Waals surface area contributed by atoms with Crippen LogP contribution < -0.4 is 22.1 Å². The van der Waals surface area contributed by atoms with Gasteiger partial charge in [0, 0.05) is 22.7 Å². The summed E-state index contributed by atoms with van der Waals surface area (Å²) in [4.78, 5) is 34.0. The van der Waals surface area contributed by atoms with E-state index in [1.165, 1.54) is 36.4 Å². The summed E-state index contributed by atoms with van der Waals surface area (Å²) in [5.41, 5.74) is 11.3. The van der Waals surface area contributed by atoms with Crippen LogP contribution in [0, 0.1) is 0 Å². The first-order valence-electron chi connectivity index (χ1n) is 6.61. The molecule has 0 heterocycles. The third-order valence-electron chi connectivity index (χ3n) is 3.08. The first kappa shape index (κ1) is 16.6. The van der Waals surface area contributed by atoms with E-state index in [0.717, 1.165) is 0 Å². The second-order valence-electron chi connectivity index (χ2n) is 4.79. The Hall–Kier alpha value is -3.75. The molecule has 2 aromatic carbocycles. The first-order chi connectivity index (χ1) is 11.3. The van der Waals surface area contributed by atoms with Crippen molar-refractivity contribution in [2.45, 2.75) is 0 Å². The van der Waals surface area contributed by atoms with Gasteiger partial charge in [0.2, 0.25) is 0 Å². The molecule has 0 bridgehead atoms. The Morgan fingerprint density at radius 2 is 1.12 bits per heavy atom. The number of nitrogens with two attached hydrogens (primary N) is 2. The summed E-state index contributed by atoms with van der Waals surface area (Å²) < 4.78 is 0. The van der Waals surface area contributed by atoms with Crippen molar-refractivity contribution >= 4 is 40.7 Å². The van der Waals surface area contributed by atoms with Gasteiger partial charge in [-0.25, -0.2) is 14.4 Å². The lowest BCUT2D eigenvalue weighted by Crippen LogP contribution is -2.20. The normalized spacial score (nSPS) is 10.0. The Bertz CT molecular complexity index is 767. The third-order valence-corrected chi connectivity index (χ3v) is 3.08. The smallest absolute Gasteiger partial charge is 0.337 e.